The molecular weight excluding hydrogens is 228 g/mol. The van der Waals surface area contributed by atoms with Crippen LogP contribution in [-0.2, 0) is 4.79 Å². The molecule has 0 spiro atoms. The molecule has 88 valence electrons. The second-order valence-corrected chi connectivity index (χ2v) is 4.83. The van der Waals surface area contributed by atoms with Gasteiger partial charge in [-0.3, -0.25) is 10.2 Å². The number of nitrogens with two attached hydrogens (primary N) is 1. The summed E-state index contributed by atoms with van der Waals surface area (Å²) in [6.07, 6.45) is 2.90. The summed E-state index contributed by atoms with van der Waals surface area (Å²) >= 11 is 1.36. The van der Waals surface area contributed by atoms with Crippen molar-refractivity contribution in [1.82, 2.24) is 25.6 Å². The smallest absolute Gasteiger partial charge is 0.247 e. The van der Waals surface area contributed by atoms with Crippen molar-refractivity contribution < 1.29 is 4.79 Å². The summed E-state index contributed by atoms with van der Waals surface area (Å²) in [6.45, 7) is 1.93. The Morgan fingerprint density at radius 2 is 2.50 bits per heavy atom. The molecule has 1 atom stereocenters. The summed E-state index contributed by atoms with van der Waals surface area (Å²) in [5.41, 5.74) is 2.16. The van der Waals surface area contributed by atoms with Gasteiger partial charge >= 0.3 is 0 Å². The number of aromatic nitrogens is 4. The number of hydrogen-bond acceptors (Lipinski definition) is 6. The number of nitrogens with zero attached hydrogens (tertiary/aromatic N) is 4. The van der Waals surface area contributed by atoms with E-state index in [4.69, 9.17) is 5.84 Å². The second kappa shape index (κ2) is 4.79. The molecular formula is C8H14N6OS. The third kappa shape index (κ3) is 2.33. The lowest BCUT2D eigenvalue weighted by Gasteiger charge is -2.11. The summed E-state index contributed by atoms with van der Waals surface area (Å²) in [6, 6.07) is 0.413. The molecule has 2 rings (SSSR count). The molecule has 1 heterocycles. The molecule has 1 unspecified atom stereocenters. The van der Waals surface area contributed by atoms with E-state index in [-0.39, 0.29) is 11.2 Å². The molecule has 0 radical (unpaired) electrons. The molecule has 0 aliphatic heterocycles. The Hall–Kier alpha value is -1.15. The summed E-state index contributed by atoms with van der Waals surface area (Å²) in [4.78, 5) is 11.4. The predicted molar refractivity (Wildman–Crippen MR) is 58.4 cm³/mol. The topological polar surface area (TPSA) is 98.7 Å². The van der Waals surface area contributed by atoms with Gasteiger partial charge in [0.15, 0.2) is 0 Å². The van der Waals surface area contributed by atoms with Crippen LogP contribution in [0.25, 0.3) is 0 Å². The first kappa shape index (κ1) is 11.3. The van der Waals surface area contributed by atoms with Crippen LogP contribution >= 0.6 is 11.8 Å². The molecule has 0 bridgehead atoms. The minimum Gasteiger partial charge on any atom is -0.293 e. The van der Waals surface area contributed by atoms with Crippen molar-refractivity contribution in [3.63, 3.8) is 0 Å². The Bertz CT molecular complexity index is 376. The molecule has 16 heavy (non-hydrogen) atoms. The van der Waals surface area contributed by atoms with Gasteiger partial charge in [-0.25, -0.2) is 10.5 Å². The van der Waals surface area contributed by atoms with Crippen LogP contribution in [0, 0.1) is 0 Å². The molecule has 1 amide bonds. The van der Waals surface area contributed by atoms with Gasteiger partial charge in [0, 0.05) is 0 Å². The van der Waals surface area contributed by atoms with Gasteiger partial charge in [0.1, 0.15) is 0 Å². The molecule has 0 aromatic carbocycles. The van der Waals surface area contributed by atoms with Gasteiger partial charge in [-0.1, -0.05) is 18.7 Å². The van der Waals surface area contributed by atoms with Gasteiger partial charge in [0.25, 0.3) is 0 Å². The van der Waals surface area contributed by atoms with Crippen molar-refractivity contribution in [2.75, 3.05) is 0 Å². The number of hydrogen-bond donors (Lipinski definition) is 2. The van der Waals surface area contributed by atoms with Crippen molar-refractivity contribution in [1.29, 1.82) is 0 Å². The molecule has 7 nitrogen and oxygen atoms in total. The first-order valence-electron chi connectivity index (χ1n) is 5.21. The van der Waals surface area contributed by atoms with Crippen LogP contribution in [0.5, 0.6) is 0 Å². The number of thioether (sulfide) groups is 1. The average Bonchev–Trinajstić information content (AvgIpc) is 3.05. The van der Waals surface area contributed by atoms with Gasteiger partial charge < -0.3 is 0 Å². The first-order valence-corrected chi connectivity index (χ1v) is 6.09. The molecule has 1 fully saturated rings. The first-order chi connectivity index (χ1) is 7.76. The number of carbonyl (C=O) groups is 1. The highest BCUT2D eigenvalue weighted by Crippen LogP contribution is 2.37. The standard InChI is InChI=1S/C8H14N6OS/c1-2-6(7(15)10-9)16-8-11-12-13-14(8)5-3-4-5/h5-6H,2-4,9H2,1H3,(H,10,15). The lowest BCUT2D eigenvalue weighted by molar-refractivity contribution is -0.120. The molecule has 1 aliphatic carbocycles. The summed E-state index contributed by atoms with van der Waals surface area (Å²) in [5.74, 6) is 4.92. The van der Waals surface area contributed by atoms with E-state index in [1.54, 1.807) is 4.68 Å². The number of hydrazine groups is 1. The predicted octanol–water partition coefficient (Wildman–Crippen LogP) is -0.131. The van der Waals surface area contributed by atoms with Crippen molar-refractivity contribution in [2.24, 2.45) is 5.84 Å². The van der Waals surface area contributed by atoms with Crippen molar-refractivity contribution >= 4 is 17.7 Å². The minimum atomic E-state index is -0.242. The molecule has 0 saturated heterocycles. The van der Waals surface area contributed by atoms with Crippen molar-refractivity contribution in [3.05, 3.63) is 0 Å². The largest absolute Gasteiger partial charge is 0.293 e. The normalized spacial score (nSPS) is 17.1. The molecule has 1 aromatic rings. The third-order valence-electron chi connectivity index (χ3n) is 2.41. The maximum absolute atomic E-state index is 11.4. The van der Waals surface area contributed by atoms with Crippen LogP contribution < -0.4 is 11.3 Å². The summed E-state index contributed by atoms with van der Waals surface area (Å²) < 4.78 is 1.79. The zero-order valence-corrected chi connectivity index (χ0v) is 9.78. The zero-order chi connectivity index (χ0) is 11.5. The maximum atomic E-state index is 11.4. The van der Waals surface area contributed by atoms with E-state index in [2.05, 4.69) is 21.0 Å². The van der Waals surface area contributed by atoms with Crippen LogP contribution in [0.1, 0.15) is 32.2 Å². The monoisotopic (exact) mass is 242 g/mol. The fraction of sp³-hybridized carbons (Fsp3) is 0.750. The lowest BCUT2D eigenvalue weighted by atomic mass is 10.3. The third-order valence-corrected chi connectivity index (χ3v) is 3.72. The Labute approximate surface area is 97.1 Å². The summed E-state index contributed by atoms with van der Waals surface area (Å²) in [7, 11) is 0. The number of nitrogens with one attached hydrogen (secondary N) is 1. The minimum absolute atomic E-state index is 0.196. The quantitative estimate of drug-likeness (QED) is 0.323. The Balaban J connectivity index is 2.06. The van der Waals surface area contributed by atoms with E-state index in [1.165, 1.54) is 11.8 Å². The van der Waals surface area contributed by atoms with E-state index < -0.39 is 0 Å². The Morgan fingerprint density at radius 1 is 1.75 bits per heavy atom. The van der Waals surface area contributed by atoms with E-state index in [0.29, 0.717) is 17.6 Å². The number of rotatable bonds is 5. The molecule has 1 aliphatic rings. The highest BCUT2D eigenvalue weighted by molar-refractivity contribution is 8.00. The fourth-order valence-corrected chi connectivity index (χ4v) is 2.33. The highest BCUT2D eigenvalue weighted by atomic mass is 32.2. The lowest BCUT2D eigenvalue weighted by Crippen LogP contribution is -2.37. The average molecular weight is 242 g/mol. The molecule has 1 saturated carbocycles. The van der Waals surface area contributed by atoms with Gasteiger partial charge in [-0.05, 0) is 29.7 Å². The molecule has 3 N–H and O–H groups in total. The zero-order valence-electron chi connectivity index (χ0n) is 8.96. The van der Waals surface area contributed by atoms with E-state index in [9.17, 15) is 4.79 Å². The van der Waals surface area contributed by atoms with Crippen LogP contribution in [0.3, 0.4) is 0 Å². The van der Waals surface area contributed by atoms with E-state index >= 15 is 0 Å². The van der Waals surface area contributed by atoms with Crippen LogP contribution in [0.2, 0.25) is 0 Å². The SMILES string of the molecule is CCC(Sc1nnnn1C1CC1)C(=O)NN. The van der Waals surface area contributed by atoms with E-state index in [1.807, 2.05) is 6.92 Å². The fourth-order valence-electron chi connectivity index (χ4n) is 1.35. The summed E-state index contributed by atoms with van der Waals surface area (Å²) in [5, 5.41) is 11.9. The van der Waals surface area contributed by atoms with Crippen molar-refractivity contribution in [3.8, 4) is 0 Å². The highest BCUT2D eigenvalue weighted by Gasteiger charge is 2.29. The molecule has 1 aromatic heterocycles. The number of amides is 1. The van der Waals surface area contributed by atoms with Gasteiger partial charge in [0.2, 0.25) is 11.1 Å². The van der Waals surface area contributed by atoms with Crippen LogP contribution in [-0.4, -0.2) is 31.4 Å². The van der Waals surface area contributed by atoms with E-state index in [0.717, 1.165) is 12.8 Å². The second-order valence-electron chi connectivity index (χ2n) is 3.66. The van der Waals surface area contributed by atoms with Crippen LogP contribution in [0.15, 0.2) is 5.16 Å². The Kier molecular flexibility index (Phi) is 3.39. The number of tetrazole rings is 1. The molecule has 8 heteroatoms. The van der Waals surface area contributed by atoms with Gasteiger partial charge in [-0.15, -0.1) is 5.10 Å². The Morgan fingerprint density at radius 3 is 3.06 bits per heavy atom. The van der Waals surface area contributed by atoms with Crippen molar-refractivity contribution in [2.45, 2.75) is 42.6 Å². The maximum Gasteiger partial charge on any atom is 0.247 e. The van der Waals surface area contributed by atoms with Gasteiger partial charge in [0.05, 0.1) is 11.3 Å². The van der Waals surface area contributed by atoms with Gasteiger partial charge in [-0.2, -0.15) is 0 Å². The number of carbonyl (C=O) groups excluding carboxylic acids is 1. The van der Waals surface area contributed by atoms with Crippen LogP contribution in [0.4, 0.5) is 0 Å².